The summed E-state index contributed by atoms with van der Waals surface area (Å²) in [6.45, 7) is 2.19. The molecule has 2 fully saturated rings. The van der Waals surface area contributed by atoms with Gasteiger partial charge in [-0.05, 0) is 25.0 Å². The third-order valence-corrected chi connectivity index (χ3v) is 8.46. The van der Waals surface area contributed by atoms with E-state index < -0.39 is 22.0 Å². The Balaban J connectivity index is 0.000000509. The van der Waals surface area contributed by atoms with E-state index in [2.05, 4.69) is 14.8 Å². The van der Waals surface area contributed by atoms with Crippen LogP contribution in [-0.2, 0) is 24.3 Å². The number of thioether (sulfide) groups is 1. The fourth-order valence-corrected chi connectivity index (χ4v) is 6.17. The molecule has 1 saturated heterocycles. The van der Waals surface area contributed by atoms with Gasteiger partial charge in [0, 0.05) is 37.0 Å². The molecule has 2 heterocycles. The first-order valence-corrected chi connectivity index (χ1v) is 13.6. The molecular weight excluding hydrogens is 498 g/mol. The highest BCUT2D eigenvalue weighted by atomic mass is 32.2. The average molecular weight is 528 g/mol. The lowest BCUT2D eigenvalue weighted by Crippen LogP contribution is -2.40. The van der Waals surface area contributed by atoms with Crippen molar-refractivity contribution in [3.63, 3.8) is 0 Å². The zero-order valence-electron chi connectivity index (χ0n) is 19.1. The summed E-state index contributed by atoms with van der Waals surface area (Å²) in [5.74, 6) is -2.14. The molecule has 4 rings (SSSR count). The van der Waals surface area contributed by atoms with Crippen molar-refractivity contribution >= 4 is 33.7 Å². The number of carboxylic acid groups (broad SMARTS) is 2. The number of carboxylic acids is 2. The monoisotopic (exact) mass is 527 g/mol. The summed E-state index contributed by atoms with van der Waals surface area (Å²) >= 11 is 1.61. The molecule has 1 aliphatic heterocycles. The number of benzene rings is 1. The van der Waals surface area contributed by atoms with Gasteiger partial charge in [0.1, 0.15) is 0 Å². The van der Waals surface area contributed by atoms with Crippen LogP contribution in [0.4, 0.5) is 0 Å². The Morgan fingerprint density at radius 3 is 2.37 bits per heavy atom. The Labute approximate surface area is 207 Å². The SMILES string of the molecule is NCCSc1nnc(-c2cccc(S(=O)(=O)N3CCOCC3)c2)n1C1CCCC1.O=C(O)C(=O)O. The summed E-state index contributed by atoms with van der Waals surface area (Å²) < 4.78 is 35.1. The van der Waals surface area contributed by atoms with Crippen molar-refractivity contribution in [2.24, 2.45) is 5.73 Å². The van der Waals surface area contributed by atoms with Crippen molar-refractivity contribution in [2.45, 2.75) is 41.8 Å². The van der Waals surface area contributed by atoms with Crippen LogP contribution < -0.4 is 5.73 Å². The summed E-state index contributed by atoms with van der Waals surface area (Å²) in [6.07, 6.45) is 4.56. The summed E-state index contributed by atoms with van der Waals surface area (Å²) in [5.41, 5.74) is 6.45. The highest BCUT2D eigenvalue weighted by molar-refractivity contribution is 7.99. The molecule has 2 aliphatic rings. The number of hydrogen-bond donors (Lipinski definition) is 3. The maximum Gasteiger partial charge on any atom is 0.414 e. The summed E-state index contributed by atoms with van der Waals surface area (Å²) in [5, 5.41) is 24.5. The lowest BCUT2D eigenvalue weighted by molar-refractivity contribution is -0.159. The second-order valence-corrected chi connectivity index (χ2v) is 10.9. The van der Waals surface area contributed by atoms with E-state index in [-0.39, 0.29) is 4.90 Å². The van der Waals surface area contributed by atoms with Crippen molar-refractivity contribution in [3.8, 4) is 11.4 Å². The number of nitrogens with zero attached hydrogens (tertiary/aromatic N) is 4. The molecule has 0 atom stereocenters. The normalized spacial score (nSPS) is 17.1. The summed E-state index contributed by atoms with van der Waals surface area (Å²) in [6, 6.07) is 7.40. The standard InChI is InChI=1S/C19H27N5O3S2.C2H2O4/c20-8-13-28-19-22-21-18(24(19)16-5-1-2-6-16)15-4-3-7-17(14-15)29(25,26)23-9-11-27-12-10-23;3-1(4)2(5)6/h3-4,7,14,16H,1-2,5-6,8-13,20H2;(H,3,4)(H,5,6). The van der Waals surface area contributed by atoms with Gasteiger partial charge < -0.3 is 20.7 Å². The first-order chi connectivity index (χ1) is 16.8. The second-order valence-electron chi connectivity index (χ2n) is 7.91. The molecule has 12 nitrogen and oxygen atoms in total. The van der Waals surface area contributed by atoms with Crippen LogP contribution in [0.1, 0.15) is 31.7 Å². The predicted molar refractivity (Wildman–Crippen MR) is 128 cm³/mol. The lowest BCUT2D eigenvalue weighted by Gasteiger charge is -2.26. The predicted octanol–water partition coefficient (Wildman–Crippen LogP) is 1.29. The van der Waals surface area contributed by atoms with Crippen LogP contribution in [0.25, 0.3) is 11.4 Å². The van der Waals surface area contributed by atoms with Crippen molar-refractivity contribution in [2.75, 3.05) is 38.6 Å². The maximum atomic E-state index is 13.1. The van der Waals surface area contributed by atoms with Gasteiger partial charge in [0.05, 0.1) is 18.1 Å². The second kappa shape index (κ2) is 12.4. The number of sulfonamides is 1. The van der Waals surface area contributed by atoms with E-state index in [0.29, 0.717) is 38.9 Å². The molecule has 2 aromatic rings. The highest BCUT2D eigenvalue weighted by Gasteiger charge is 2.28. The molecule has 14 heteroatoms. The van der Waals surface area contributed by atoms with E-state index in [4.69, 9.17) is 30.3 Å². The molecule has 192 valence electrons. The Bertz CT molecular complexity index is 1110. The minimum atomic E-state index is -3.56. The third kappa shape index (κ3) is 6.79. The number of aliphatic carboxylic acids is 2. The number of morpholine rings is 1. The van der Waals surface area contributed by atoms with Crippen LogP contribution in [0.3, 0.4) is 0 Å². The quantitative estimate of drug-likeness (QED) is 0.349. The van der Waals surface area contributed by atoms with Crippen LogP contribution in [0.15, 0.2) is 34.3 Å². The van der Waals surface area contributed by atoms with E-state index in [1.807, 2.05) is 6.07 Å². The Kier molecular flexibility index (Phi) is 9.63. The molecule has 1 aliphatic carbocycles. The molecule has 4 N–H and O–H groups in total. The Morgan fingerprint density at radius 1 is 1.11 bits per heavy atom. The first kappa shape index (κ1) is 27.1. The zero-order chi connectivity index (χ0) is 25.4. The van der Waals surface area contributed by atoms with E-state index in [0.717, 1.165) is 35.1 Å². The van der Waals surface area contributed by atoms with Gasteiger partial charge in [-0.25, -0.2) is 18.0 Å². The number of rotatable bonds is 7. The molecule has 0 radical (unpaired) electrons. The lowest BCUT2D eigenvalue weighted by atomic mass is 10.2. The Hall–Kier alpha value is -2.52. The van der Waals surface area contributed by atoms with Crippen molar-refractivity contribution in [1.82, 2.24) is 19.1 Å². The topological polar surface area (TPSA) is 178 Å². The summed E-state index contributed by atoms with van der Waals surface area (Å²) in [4.78, 5) is 18.5. The van der Waals surface area contributed by atoms with Crippen LogP contribution in [0, 0.1) is 0 Å². The van der Waals surface area contributed by atoms with Crippen molar-refractivity contribution in [3.05, 3.63) is 24.3 Å². The number of aromatic nitrogens is 3. The van der Waals surface area contributed by atoms with Gasteiger partial charge >= 0.3 is 11.9 Å². The van der Waals surface area contributed by atoms with Crippen molar-refractivity contribution < 1.29 is 33.0 Å². The van der Waals surface area contributed by atoms with Gasteiger partial charge in [-0.1, -0.05) is 36.7 Å². The average Bonchev–Trinajstić information content (AvgIpc) is 3.53. The zero-order valence-corrected chi connectivity index (χ0v) is 20.7. The number of carbonyl (C=O) groups is 2. The van der Waals surface area contributed by atoms with Crippen molar-refractivity contribution in [1.29, 1.82) is 0 Å². The van der Waals surface area contributed by atoms with Gasteiger partial charge in [0.25, 0.3) is 0 Å². The van der Waals surface area contributed by atoms with Crippen LogP contribution in [0.2, 0.25) is 0 Å². The molecule has 0 amide bonds. The van der Waals surface area contributed by atoms with Crippen LogP contribution in [0.5, 0.6) is 0 Å². The fraction of sp³-hybridized carbons (Fsp3) is 0.524. The van der Waals surface area contributed by atoms with E-state index in [1.165, 1.54) is 17.1 Å². The van der Waals surface area contributed by atoms with Crippen LogP contribution in [-0.4, -0.2) is 88.2 Å². The molecule has 1 aromatic carbocycles. The highest BCUT2D eigenvalue weighted by Crippen LogP contribution is 2.37. The van der Waals surface area contributed by atoms with Gasteiger partial charge in [-0.3, -0.25) is 4.57 Å². The van der Waals surface area contributed by atoms with Gasteiger partial charge in [0.15, 0.2) is 11.0 Å². The van der Waals surface area contributed by atoms with Crippen LogP contribution >= 0.6 is 11.8 Å². The number of hydrogen-bond acceptors (Lipinski definition) is 9. The third-order valence-electron chi connectivity index (χ3n) is 5.59. The minimum Gasteiger partial charge on any atom is -0.473 e. The summed E-state index contributed by atoms with van der Waals surface area (Å²) in [7, 11) is -3.56. The minimum absolute atomic E-state index is 0.286. The van der Waals surface area contributed by atoms with Gasteiger partial charge in [-0.2, -0.15) is 4.31 Å². The molecule has 35 heavy (non-hydrogen) atoms. The molecular formula is C21H29N5O7S2. The van der Waals surface area contributed by atoms with Gasteiger partial charge in [-0.15, -0.1) is 10.2 Å². The molecule has 1 aromatic heterocycles. The largest absolute Gasteiger partial charge is 0.473 e. The van der Waals surface area contributed by atoms with E-state index >= 15 is 0 Å². The van der Waals surface area contributed by atoms with E-state index in [9.17, 15) is 8.42 Å². The van der Waals surface area contributed by atoms with E-state index in [1.54, 1.807) is 30.0 Å². The fourth-order valence-electron chi connectivity index (χ4n) is 3.95. The molecule has 0 bridgehead atoms. The Morgan fingerprint density at radius 2 is 1.77 bits per heavy atom. The van der Waals surface area contributed by atoms with Gasteiger partial charge in [0.2, 0.25) is 10.0 Å². The smallest absolute Gasteiger partial charge is 0.414 e. The molecule has 1 saturated carbocycles. The first-order valence-electron chi connectivity index (χ1n) is 11.2. The molecule has 0 unspecified atom stereocenters. The number of nitrogens with two attached hydrogens (primary N) is 1. The molecule has 0 spiro atoms. The maximum absolute atomic E-state index is 13.1. The number of ether oxygens (including phenoxy) is 1.